The molecule has 2 rings (SSSR count). The van der Waals surface area contributed by atoms with Crippen LogP contribution in [0.5, 0.6) is 0 Å². The molecule has 2 N–H and O–H groups in total. The highest BCUT2D eigenvalue weighted by molar-refractivity contribution is 5.87. The average molecular weight is 311 g/mol. The predicted octanol–water partition coefficient (Wildman–Crippen LogP) is 4.01. The molecule has 0 radical (unpaired) electrons. The summed E-state index contributed by atoms with van der Waals surface area (Å²) in [5.74, 6) is -0.884. The molecule has 3 nitrogen and oxygen atoms in total. The normalized spacial score (nSPS) is 11.4. The second kappa shape index (κ2) is 7.42. The summed E-state index contributed by atoms with van der Waals surface area (Å²) in [6, 6.07) is 15.8. The van der Waals surface area contributed by atoms with E-state index in [2.05, 4.69) is 50.4 Å². The standard InChI is InChI=1S/C20H25NO2/c1-20(2,3)18-9-7-15(8-10-18)11-12-21-14-16-5-4-6-17(13-16)19(22)23/h4-10,13,21H,11-12,14H2,1-3H3,(H,22,23). The summed E-state index contributed by atoms with van der Waals surface area (Å²) in [4.78, 5) is 10.9. The van der Waals surface area contributed by atoms with E-state index in [4.69, 9.17) is 5.11 Å². The molecule has 0 amide bonds. The van der Waals surface area contributed by atoms with Crippen molar-refractivity contribution in [3.05, 3.63) is 70.8 Å². The van der Waals surface area contributed by atoms with Gasteiger partial charge in [-0.1, -0.05) is 57.2 Å². The summed E-state index contributed by atoms with van der Waals surface area (Å²) in [7, 11) is 0. The third-order valence-electron chi connectivity index (χ3n) is 3.91. The Hall–Kier alpha value is -2.13. The van der Waals surface area contributed by atoms with Gasteiger partial charge in [0.05, 0.1) is 5.56 Å². The van der Waals surface area contributed by atoms with Gasteiger partial charge in [0, 0.05) is 6.54 Å². The van der Waals surface area contributed by atoms with E-state index in [1.54, 1.807) is 18.2 Å². The van der Waals surface area contributed by atoms with Gasteiger partial charge in [-0.3, -0.25) is 0 Å². The van der Waals surface area contributed by atoms with Gasteiger partial charge in [0.25, 0.3) is 0 Å². The Bertz CT molecular complexity index is 654. The van der Waals surface area contributed by atoms with Crippen LogP contribution in [0.1, 0.15) is 47.8 Å². The van der Waals surface area contributed by atoms with E-state index in [-0.39, 0.29) is 5.41 Å². The fraction of sp³-hybridized carbons (Fsp3) is 0.350. The summed E-state index contributed by atoms with van der Waals surface area (Å²) in [5.41, 5.74) is 4.17. The minimum Gasteiger partial charge on any atom is -0.478 e. The number of benzene rings is 2. The van der Waals surface area contributed by atoms with Crippen LogP contribution in [0.4, 0.5) is 0 Å². The lowest BCUT2D eigenvalue weighted by molar-refractivity contribution is 0.0696. The Morgan fingerprint density at radius 3 is 2.35 bits per heavy atom. The molecule has 0 saturated heterocycles. The SMILES string of the molecule is CC(C)(C)c1ccc(CCNCc2cccc(C(=O)O)c2)cc1. The summed E-state index contributed by atoms with van der Waals surface area (Å²) < 4.78 is 0. The number of carboxylic acid groups (broad SMARTS) is 1. The Morgan fingerprint density at radius 2 is 1.74 bits per heavy atom. The van der Waals surface area contributed by atoms with E-state index in [0.29, 0.717) is 12.1 Å². The maximum atomic E-state index is 10.9. The highest BCUT2D eigenvalue weighted by Crippen LogP contribution is 2.22. The maximum Gasteiger partial charge on any atom is 0.335 e. The summed E-state index contributed by atoms with van der Waals surface area (Å²) in [6.07, 6.45) is 0.961. The minimum absolute atomic E-state index is 0.186. The Labute approximate surface area is 138 Å². The maximum absolute atomic E-state index is 10.9. The fourth-order valence-electron chi connectivity index (χ4n) is 2.45. The molecular weight excluding hydrogens is 286 g/mol. The third kappa shape index (κ3) is 5.22. The third-order valence-corrected chi connectivity index (χ3v) is 3.91. The molecule has 0 aliphatic rings. The predicted molar refractivity (Wildman–Crippen MR) is 94.0 cm³/mol. The molecule has 2 aromatic rings. The number of hydrogen-bond acceptors (Lipinski definition) is 2. The molecule has 2 aromatic carbocycles. The van der Waals surface area contributed by atoms with E-state index in [9.17, 15) is 4.79 Å². The highest BCUT2D eigenvalue weighted by atomic mass is 16.4. The van der Waals surface area contributed by atoms with Crippen LogP contribution < -0.4 is 5.32 Å². The zero-order chi connectivity index (χ0) is 16.9. The van der Waals surface area contributed by atoms with Gasteiger partial charge in [-0.15, -0.1) is 0 Å². The van der Waals surface area contributed by atoms with Crippen molar-refractivity contribution in [3.63, 3.8) is 0 Å². The van der Waals surface area contributed by atoms with Crippen molar-refractivity contribution in [1.82, 2.24) is 5.32 Å². The number of hydrogen-bond donors (Lipinski definition) is 2. The first kappa shape index (κ1) is 17.2. The molecule has 0 heterocycles. The van der Waals surface area contributed by atoms with Crippen molar-refractivity contribution in [2.45, 2.75) is 39.2 Å². The van der Waals surface area contributed by atoms with Crippen LogP contribution in [0, 0.1) is 0 Å². The van der Waals surface area contributed by atoms with E-state index < -0.39 is 5.97 Å². The summed E-state index contributed by atoms with van der Waals surface area (Å²) in [6.45, 7) is 8.20. The van der Waals surface area contributed by atoms with Gasteiger partial charge in [-0.2, -0.15) is 0 Å². The molecule has 23 heavy (non-hydrogen) atoms. The van der Waals surface area contributed by atoms with Gasteiger partial charge in [-0.05, 0) is 47.2 Å². The molecule has 0 aliphatic carbocycles. The second-order valence-corrected chi connectivity index (χ2v) is 6.88. The largest absolute Gasteiger partial charge is 0.478 e. The van der Waals surface area contributed by atoms with Crippen molar-refractivity contribution in [2.24, 2.45) is 0 Å². The molecule has 3 heteroatoms. The minimum atomic E-state index is -0.884. The molecule has 0 bridgehead atoms. The van der Waals surface area contributed by atoms with E-state index >= 15 is 0 Å². The van der Waals surface area contributed by atoms with E-state index in [1.165, 1.54) is 11.1 Å². The van der Waals surface area contributed by atoms with Crippen molar-refractivity contribution < 1.29 is 9.90 Å². The number of carbonyl (C=O) groups is 1. The molecule has 0 aromatic heterocycles. The van der Waals surface area contributed by atoms with Gasteiger partial charge in [0.2, 0.25) is 0 Å². The van der Waals surface area contributed by atoms with Gasteiger partial charge >= 0.3 is 5.97 Å². The monoisotopic (exact) mass is 311 g/mol. The smallest absolute Gasteiger partial charge is 0.335 e. The first-order chi connectivity index (χ1) is 10.9. The highest BCUT2D eigenvalue weighted by Gasteiger charge is 2.12. The number of aromatic carboxylic acids is 1. The van der Waals surface area contributed by atoms with Crippen molar-refractivity contribution >= 4 is 5.97 Å². The zero-order valence-electron chi connectivity index (χ0n) is 14.1. The van der Waals surface area contributed by atoms with Crippen LogP contribution in [0.15, 0.2) is 48.5 Å². The molecule has 0 unspecified atom stereocenters. The summed E-state index contributed by atoms with van der Waals surface area (Å²) >= 11 is 0. The lowest BCUT2D eigenvalue weighted by Crippen LogP contribution is -2.17. The molecule has 0 atom stereocenters. The molecular formula is C20H25NO2. The lowest BCUT2D eigenvalue weighted by atomic mass is 9.86. The number of rotatable bonds is 6. The van der Waals surface area contributed by atoms with Gasteiger partial charge < -0.3 is 10.4 Å². The van der Waals surface area contributed by atoms with E-state index in [1.807, 2.05) is 6.07 Å². The van der Waals surface area contributed by atoms with Crippen LogP contribution in [0.25, 0.3) is 0 Å². The van der Waals surface area contributed by atoms with Crippen LogP contribution in [-0.2, 0) is 18.4 Å². The number of carboxylic acids is 1. The van der Waals surface area contributed by atoms with Crippen LogP contribution in [0.2, 0.25) is 0 Å². The molecule has 122 valence electrons. The molecule has 0 fully saturated rings. The van der Waals surface area contributed by atoms with Crippen LogP contribution in [0.3, 0.4) is 0 Å². The Morgan fingerprint density at radius 1 is 1.04 bits per heavy atom. The Kier molecular flexibility index (Phi) is 5.56. The first-order valence-electron chi connectivity index (χ1n) is 7.98. The molecule has 0 spiro atoms. The Balaban J connectivity index is 1.81. The van der Waals surface area contributed by atoms with Crippen molar-refractivity contribution in [2.75, 3.05) is 6.54 Å². The van der Waals surface area contributed by atoms with Crippen LogP contribution in [-0.4, -0.2) is 17.6 Å². The molecule has 0 saturated carbocycles. The van der Waals surface area contributed by atoms with Gasteiger partial charge in [0.15, 0.2) is 0 Å². The average Bonchev–Trinajstić information content (AvgIpc) is 2.51. The second-order valence-electron chi connectivity index (χ2n) is 6.88. The van der Waals surface area contributed by atoms with Crippen LogP contribution >= 0.6 is 0 Å². The van der Waals surface area contributed by atoms with Crippen molar-refractivity contribution in [3.8, 4) is 0 Å². The quantitative estimate of drug-likeness (QED) is 0.792. The van der Waals surface area contributed by atoms with Gasteiger partial charge in [0.1, 0.15) is 0 Å². The fourth-order valence-corrected chi connectivity index (χ4v) is 2.45. The molecule has 0 aliphatic heterocycles. The van der Waals surface area contributed by atoms with E-state index in [0.717, 1.165) is 18.5 Å². The van der Waals surface area contributed by atoms with Gasteiger partial charge in [-0.25, -0.2) is 4.79 Å². The topological polar surface area (TPSA) is 49.3 Å². The zero-order valence-corrected chi connectivity index (χ0v) is 14.1. The first-order valence-corrected chi connectivity index (χ1v) is 7.98. The van der Waals surface area contributed by atoms with Crippen molar-refractivity contribution in [1.29, 1.82) is 0 Å². The lowest BCUT2D eigenvalue weighted by Gasteiger charge is -2.19. The number of nitrogens with one attached hydrogen (secondary N) is 1. The summed E-state index contributed by atoms with van der Waals surface area (Å²) in [5, 5.41) is 12.4.